The summed E-state index contributed by atoms with van der Waals surface area (Å²) in [6.07, 6.45) is -13.9. The molecule has 1 fully saturated rings. The summed E-state index contributed by atoms with van der Waals surface area (Å²) < 4.78 is 11.2. The first-order valence-electron chi connectivity index (χ1n) is 37.2. The van der Waals surface area contributed by atoms with E-state index in [0.29, 0.717) is 11.3 Å². The maximum Gasteiger partial charge on any atom is 0.329 e. The Bertz CT molecular complexity index is 3230. The van der Waals surface area contributed by atoms with Crippen LogP contribution in [0.25, 0.3) is 0 Å². The first kappa shape index (κ1) is 99.8. The van der Waals surface area contributed by atoms with Crippen molar-refractivity contribution in [1.29, 1.82) is 0 Å². The van der Waals surface area contributed by atoms with Gasteiger partial charge in [-0.3, -0.25) is 76.7 Å². The van der Waals surface area contributed by atoms with Crippen molar-refractivity contribution in [2.75, 3.05) is 34.3 Å². The molecule has 1 aliphatic rings. The Morgan fingerprint density at radius 1 is 0.595 bits per heavy atom. The Labute approximate surface area is 647 Å². The molecular formula is C71H125N17O23. The average Bonchev–Trinajstić information content (AvgIpc) is 1.36. The first-order valence-corrected chi connectivity index (χ1v) is 37.2. The molecule has 0 spiro atoms. The average molecular weight is 1580 g/mol. The molecular weight excluding hydrogens is 1460 g/mol. The van der Waals surface area contributed by atoms with Gasteiger partial charge in [-0.1, -0.05) is 89.5 Å². The zero-order chi connectivity index (χ0) is 85.7. The number of hydrogen-bond acceptors (Lipinski definition) is 24. The van der Waals surface area contributed by atoms with Crippen LogP contribution < -0.4 is 81.8 Å². The van der Waals surface area contributed by atoms with E-state index in [-0.39, 0.29) is 44.1 Å². The van der Waals surface area contributed by atoms with E-state index in [0.717, 1.165) is 53.3 Å². The number of hydrogen-bond donors (Lipinski definition) is 19. The molecule has 22 atom stereocenters. The molecule has 111 heavy (non-hydrogen) atoms. The molecule has 0 aromatic rings. The fourth-order valence-corrected chi connectivity index (χ4v) is 12.3. The summed E-state index contributed by atoms with van der Waals surface area (Å²) >= 11 is 0. The largest absolute Gasteiger partial charge is 0.458 e. The highest BCUT2D eigenvalue weighted by Gasteiger charge is 2.46. The number of likely N-dealkylation sites (N-methyl/N-ethyl adjacent to an activating group) is 2. The summed E-state index contributed by atoms with van der Waals surface area (Å²) in [6, 6.07) is -21.0. The topological polar surface area (TPSA) is 646 Å². The molecule has 632 valence electrons. The molecule has 0 bridgehead atoms. The van der Waals surface area contributed by atoms with E-state index in [9.17, 15) is 92.3 Å². The van der Waals surface area contributed by atoms with E-state index < -0.39 is 265 Å². The fourth-order valence-electron chi connectivity index (χ4n) is 12.3. The molecule has 0 aromatic heterocycles. The zero-order valence-electron chi connectivity index (χ0n) is 67.0. The van der Waals surface area contributed by atoms with Crippen molar-refractivity contribution in [3.8, 4) is 0 Å². The summed E-state index contributed by atoms with van der Waals surface area (Å²) in [5, 5.41) is 69.9. The zero-order valence-corrected chi connectivity index (χ0v) is 67.0. The number of cyclic esters (lactones) is 1. The number of nitrogens with one attached hydrogen (secondary N) is 10. The summed E-state index contributed by atoms with van der Waals surface area (Å²) in [5.74, 6) is -26.5. The van der Waals surface area contributed by atoms with Gasteiger partial charge >= 0.3 is 5.97 Å². The van der Waals surface area contributed by atoms with Crippen molar-refractivity contribution in [2.45, 2.75) is 265 Å². The van der Waals surface area contributed by atoms with Gasteiger partial charge in [-0.2, -0.15) is 0 Å². The SMILES string of the molecule is CCC(C)CC(C)[C@@H](O)[C@@H](C)C(=O)N[C@H](CNC(C)=O)C(=O)N[C@@H](C(C)C)[C@H](O)C(O)C(=O)N[C@H](C(=O)NC1C(=O)NC([C@@H](C)O)C(=O)N[C@H](CCCN)C(=O)NC(CC(C)C)C(=O)N(C)[C@@H](CCC(N)=O)C(=O)NC(C(OC)C(N)=O)C(=O)NC(CC(N)=O)C(=O)N(C)[C@@H](CC(C)C)C(=O)OC1C)[C@@H](C)[C@@H](C)C(N)=O. The van der Waals surface area contributed by atoms with Gasteiger partial charge in [0.25, 0.3) is 5.91 Å². The molecule has 1 saturated heterocycles. The lowest BCUT2D eigenvalue weighted by Crippen LogP contribution is -2.65. The standard InChI is InChI=1S/C71H125N17O23/c1-19-33(8)27-34(9)54(93)37(12)60(98)81-44(29-77-40(15)90)62(100)82-49(32(6)7)55(94)56(95)68(106)83-50(35(10)36(11)58(75)96)64(102)85-52-39(14)111-71(109)46(26-31(4)5)88(17)70(108)43(28-48(74)92)80-67(105)53(57(110-18)59(76)97)86-63(101)45(22-23-47(73)91)87(16)69(107)42(25-30(2)3)79-61(99)41(21-20-24-72)78-65(103)51(38(13)89)84-66(52)104/h30-39,41-46,49-57,89,93-95H,19-29,72H2,1-18H3,(H2,73,91)(H2,74,92)(H2,75,96)(H2,76,97)(H,77,90)(H,78,103)(H,79,99)(H,80,105)(H,81,98)(H,82,100)(H,83,106)(H,84,104)(H,85,102)(H,86,101)/t33?,34?,35-,36+,37+,38+,39?,41+,42?,43?,44+,45-,46-,49-,50-,51?,52?,53?,54+,55-,56?,57?/m0/s1. The van der Waals surface area contributed by atoms with Crippen molar-refractivity contribution in [2.24, 2.45) is 76.0 Å². The maximum absolute atomic E-state index is 15.2. The summed E-state index contributed by atoms with van der Waals surface area (Å²) in [6.45, 7) is 21.5. The summed E-state index contributed by atoms with van der Waals surface area (Å²) in [7, 11) is 3.01. The number of rotatable bonds is 37. The molecule has 0 aromatic carbocycles. The summed E-state index contributed by atoms with van der Waals surface area (Å²) in [5.41, 5.74) is 28.4. The molecule has 0 aliphatic carbocycles. The number of primary amides is 4. The summed E-state index contributed by atoms with van der Waals surface area (Å²) in [4.78, 5) is 241. The molecule has 40 nitrogen and oxygen atoms in total. The normalized spacial score (nSPS) is 24.0. The molecule has 16 amide bonds. The minimum Gasteiger partial charge on any atom is -0.458 e. The van der Waals surface area contributed by atoms with Crippen LogP contribution in [0.3, 0.4) is 0 Å². The van der Waals surface area contributed by atoms with Crippen molar-refractivity contribution in [3.63, 3.8) is 0 Å². The van der Waals surface area contributed by atoms with Gasteiger partial charge in [0.05, 0.1) is 30.6 Å². The Balaban J connectivity index is 4.50. The van der Waals surface area contributed by atoms with Crippen LogP contribution in [-0.4, -0.2) is 268 Å². The second-order valence-corrected chi connectivity index (χ2v) is 30.1. The van der Waals surface area contributed by atoms with Gasteiger partial charge in [-0.15, -0.1) is 0 Å². The molecule has 1 aliphatic heterocycles. The van der Waals surface area contributed by atoms with Crippen molar-refractivity contribution < 1.29 is 111 Å². The smallest absolute Gasteiger partial charge is 0.329 e. The predicted octanol–water partition coefficient (Wildman–Crippen LogP) is -6.86. The van der Waals surface area contributed by atoms with Crippen molar-refractivity contribution >= 4 is 100 Å². The highest BCUT2D eigenvalue weighted by molar-refractivity contribution is 6.02. The van der Waals surface area contributed by atoms with Crippen LogP contribution >= 0.6 is 0 Å². The second-order valence-electron chi connectivity index (χ2n) is 30.1. The van der Waals surface area contributed by atoms with Gasteiger partial charge < -0.3 is 122 Å². The highest BCUT2D eigenvalue weighted by Crippen LogP contribution is 2.25. The molecule has 1 heterocycles. The Hall–Kier alpha value is -9.25. The quantitative estimate of drug-likeness (QED) is 0.0257. The number of nitrogens with two attached hydrogens (primary N) is 5. The van der Waals surface area contributed by atoms with Gasteiger partial charge in [-0.25, -0.2) is 4.79 Å². The molecule has 40 heteroatoms. The molecule has 10 unspecified atom stereocenters. The Morgan fingerprint density at radius 2 is 1.14 bits per heavy atom. The Kier molecular flexibility index (Phi) is 42.4. The third-order valence-electron chi connectivity index (χ3n) is 19.6. The van der Waals surface area contributed by atoms with E-state index in [2.05, 4.69) is 53.2 Å². The number of carbonyl (C=O) groups excluding carboxylic acids is 17. The second kappa shape index (κ2) is 47.2. The van der Waals surface area contributed by atoms with Crippen LogP contribution in [0.4, 0.5) is 0 Å². The van der Waals surface area contributed by atoms with Gasteiger partial charge in [0.15, 0.2) is 12.2 Å². The number of aliphatic hydroxyl groups excluding tert-OH is 4. The number of esters is 1. The van der Waals surface area contributed by atoms with Gasteiger partial charge in [0, 0.05) is 47.0 Å². The first-order chi connectivity index (χ1) is 51.4. The van der Waals surface area contributed by atoms with E-state index >= 15 is 9.59 Å². The molecule has 1 rings (SSSR count). The van der Waals surface area contributed by atoms with Crippen LogP contribution in [-0.2, 0) is 91.0 Å². The van der Waals surface area contributed by atoms with E-state index in [1.165, 1.54) is 34.6 Å². The van der Waals surface area contributed by atoms with Crippen LogP contribution in [0.5, 0.6) is 0 Å². The lowest BCUT2D eigenvalue weighted by molar-refractivity contribution is -0.162. The van der Waals surface area contributed by atoms with Crippen LogP contribution in [0.2, 0.25) is 0 Å². The van der Waals surface area contributed by atoms with Crippen molar-refractivity contribution in [3.05, 3.63) is 0 Å². The third-order valence-corrected chi connectivity index (χ3v) is 19.6. The third kappa shape index (κ3) is 31.4. The van der Waals surface area contributed by atoms with Gasteiger partial charge in [0.1, 0.15) is 72.6 Å². The van der Waals surface area contributed by atoms with Crippen LogP contribution in [0.1, 0.15) is 162 Å². The van der Waals surface area contributed by atoms with E-state index in [4.69, 9.17) is 38.1 Å². The lowest BCUT2D eigenvalue weighted by Gasteiger charge is -2.35. The minimum atomic E-state index is -2.61. The maximum atomic E-state index is 15.2. The van der Waals surface area contributed by atoms with E-state index in [1.54, 1.807) is 34.6 Å². The van der Waals surface area contributed by atoms with Gasteiger partial charge in [-0.05, 0) is 94.4 Å². The highest BCUT2D eigenvalue weighted by atomic mass is 16.5. The predicted molar refractivity (Wildman–Crippen MR) is 399 cm³/mol. The molecule has 0 saturated carbocycles. The van der Waals surface area contributed by atoms with Crippen LogP contribution in [0.15, 0.2) is 0 Å². The number of aliphatic hydroxyl groups is 4. The van der Waals surface area contributed by atoms with Crippen LogP contribution in [0, 0.1) is 47.3 Å². The number of ether oxygens (including phenoxy) is 2. The fraction of sp³-hybridized carbons (Fsp3) is 0.761. The number of methoxy groups -OCH3 is 1. The van der Waals surface area contributed by atoms with Gasteiger partial charge in [0.2, 0.25) is 88.6 Å². The lowest BCUT2D eigenvalue weighted by atomic mass is 9.85. The number of amides is 16. The Morgan fingerprint density at radius 3 is 1.63 bits per heavy atom. The molecule has 0 radical (unpaired) electrons. The minimum absolute atomic E-state index is 0.00769. The monoisotopic (exact) mass is 1580 g/mol. The van der Waals surface area contributed by atoms with E-state index in [1.807, 2.05) is 13.8 Å². The molecule has 24 N–H and O–H groups in total. The number of carbonyl (C=O) groups is 17. The number of nitrogens with zero attached hydrogens (tertiary/aromatic N) is 2. The van der Waals surface area contributed by atoms with Crippen molar-refractivity contribution in [1.82, 2.24) is 63.0 Å².